The highest BCUT2D eigenvalue weighted by atomic mass is 32.1. The number of hydrogen-bond acceptors (Lipinski definition) is 6. The Labute approximate surface area is 158 Å². The summed E-state index contributed by atoms with van der Waals surface area (Å²) >= 11 is 2.85. The molecule has 8 heteroatoms. The first-order chi connectivity index (χ1) is 12.6. The Kier molecular flexibility index (Phi) is 4.71. The highest BCUT2D eigenvalue weighted by Crippen LogP contribution is 2.29. The Balaban J connectivity index is 1.48. The zero-order chi connectivity index (χ0) is 18.1. The fraction of sp³-hybridized carbons (Fsp3) is 0.278. The summed E-state index contributed by atoms with van der Waals surface area (Å²) in [7, 11) is 0. The molecule has 1 unspecified atom stereocenters. The van der Waals surface area contributed by atoms with E-state index in [1.165, 1.54) is 22.7 Å². The summed E-state index contributed by atoms with van der Waals surface area (Å²) in [6, 6.07) is 9.21. The van der Waals surface area contributed by atoms with E-state index in [2.05, 4.69) is 20.9 Å². The summed E-state index contributed by atoms with van der Waals surface area (Å²) in [5.41, 5.74) is 1.54. The molecule has 1 fully saturated rings. The Bertz CT molecular complexity index is 973. The minimum absolute atomic E-state index is 0.00652. The molecule has 1 aliphatic rings. The first-order valence-electron chi connectivity index (χ1n) is 8.41. The fourth-order valence-corrected chi connectivity index (χ4v) is 4.57. The predicted molar refractivity (Wildman–Crippen MR) is 106 cm³/mol. The molecule has 134 valence electrons. The summed E-state index contributed by atoms with van der Waals surface area (Å²) in [5.74, 6) is -0.157. The van der Waals surface area contributed by atoms with Gasteiger partial charge in [-0.25, -0.2) is 4.98 Å². The number of anilines is 2. The lowest BCUT2D eigenvalue weighted by Crippen LogP contribution is -2.35. The van der Waals surface area contributed by atoms with Gasteiger partial charge in [0.25, 0.3) is 5.91 Å². The normalized spacial score (nSPS) is 16.7. The number of thiophene rings is 1. The van der Waals surface area contributed by atoms with E-state index in [-0.39, 0.29) is 17.9 Å². The van der Waals surface area contributed by atoms with E-state index < -0.39 is 0 Å². The molecule has 3 aromatic rings. The number of fused-ring (bicyclic) bond motifs is 1. The molecule has 2 aromatic heterocycles. The van der Waals surface area contributed by atoms with Gasteiger partial charge >= 0.3 is 0 Å². The van der Waals surface area contributed by atoms with Crippen molar-refractivity contribution >= 4 is 55.5 Å². The second kappa shape index (κ2) is 7.14. The molecule has 2 amide bonds. The van der Waals surface area contributed by atoms with E-state index in [4.69, 9.17) is 0 Å². The molecule has 1 aliphatic heterocycles. The van der Waals surface area contributed by atoms with Crippen LogP contribution in [0.15, 0.2) is 30.3 Å². The Morgan fingerprint density at radius 2 is 2.08 bits per heavy atom. The first-order valence-corrected chi connectivity index (χ1v) is 10.0. The number of benzene rings is 1. The summed E-state index contributed by atoms with van der Waals surface area (Å²) in [6.07, 6.45) is 1.89. The molecule has 0 aliphatic carbocycles. The van der Waals surface area contributed by atoms with Crippen molar-refractivity contribution in [3.8, 4) is 0 Å². The first kappa shape index (κ1) is 17.1. The van der Waals surface area contributed by atoms with Crippen LogP contribution in [0.5, 0.6) is 0 Å². The lowest BCUT2D eigenvalue weighted by Gasteiger charge is -2.10. The van der Waals surface area contributed by atoms with Crippen molar-refractivity contribution in [2.45, 2.75) is 25.8 Å². The van der Waals surface area contributed by atoms with Crippen LogP contribution < -0.4 is 16.0 Å². The van der Waals surface area contributed by atoms with Crippen molar-refractivity contribution in [2.75, 3.05) is 17.2 Å². The molecule has 0 bridgehead atoms. The molecule has 26 heavy (non-hydrogen) atoms. The van der Waals surface area contributed by atoms with E-state index in [0.29, 0.717) is 10.0 Å². The maximum absolute atomic E-state index is 12.3. The van der Waals surface area contributed by atoms with Crippen LogP contribution in [0.2, 0.25) is 0 Å². The number of aromatic nitrogens is 1. The molecule has 0 radical (unpaired) electrons. The van der Waals surface area contributed by atoms with Crippen LogP contribution in [0.3, 0.4) is 0 Å². The Morgan fingerprint density at radius 3 is 2.81 bits per heavy atom. The number of rotatable bonds is 4. The van der Waals surface area contributed by atoms with Gasteiger partial charge in [0, 0.05) is 10.6 Å². The molecule has 4 rings (SSSR count). The van der Waals surface area contributed by atoms with Crippen molar-refractivity contribution in [2.24, 2.45) is 0 Å². The molecule has 1 aromatic carbocycles. The minimum atomic E-state index is -0.150. The third kappa shape index (κ3) is 3.62. The number of carbonyl (C=O) groups is 2. The fourth-order valence-electron chi connectivity index (χ4n) is 2.91. The number of thiazole rings is 1. The van der Waals surface area contributed by atoms with Gasteiger partial charge in [0.2, 0.25) is 5.91 Å². The van der Waals surface area contributed by atoms with Gasteiger partial charge < -0.3 is 10.6 Å². The van der Waals surface area contributed by atoms with Crippen molar-refractivity contribution in [3.05, 3.63) is 40.1 Å². The molecule has 1 atom stereocenters. The standard InChI is InChI=1S/C18H18N4O2S2/c1-10-4-7-14(25-10)17(24)22-18-21-12-6-5-11(9-15(12)26-18)20-16(23)13-3-2-8-19-13/h4-7,9,13,19H,2-3,8H2,1H3,(H,20,23)(H,21,22,24). The topological polar surface area (TPSA) is 83.1 Å². The third-order valence-corrected chi connectivity index (χ3v) is 6.15. The summed E-state index contributed by atoms with van der Waals surface area (Å²) in [5, 5.41) is 9.54. The smallest absolute Gasteiger partial charge is 0.267 e. The highest BCUT2D eigenvalue weighted by molar-refractivity contribution is 7.22. The molecule has 3 N–H and O–H groups in total. The Morgan fingerprint density at radius 1 is 1.19 bits per heavy atom. The molecular formula is C18H18N4O2S2. The molecule has 0 spiro atoms. The quantitative estimate of drug-likeness (QED) is 0.640. The van der Waals surface area contributed by atoms with Crippen molar-refractivity contribution in [1.29, 1.82) is 0 Å². The average Bonchev–Trinajstić information content (AvgIpc) is 3.34. The SMILES string of the molecule is Cc1ccc(C(=O)Nc2nc3ccc(NC(=O)C4CCCN4)cc3s2)s1. The summed E-state index contributed by atoms with van der Waals surface area (Å²) < 4.78 is 0.917. The van der Waals surface area contributed by atoms with Gasteiger partial charge in [0.1, 0.15) is 0 Å². The lowest BCUT2D eigenvalue weighted by atomic mass is 10.2. The van der Waals surface area contributed by atoms with E-state index in [1.54, 1.807) is 0 Å². The van der Waals surface area contributed by atoms with Crippen LogP contribution in [0.1, 0.15) is 27.4 Å². The second-order valence-electron chi connectivity index (χ2n) is 6.20. The number of hydrogen-bond donors (Lipinski definition) is 3. The molecule has 6 nitrogen and oxygen atoms in total. The van der Waals surface area contributed by atoms with Gasteiger partial charge in [-0.2, -0.15) is 0 Å². The van der Waals surface area contributed by atoms with Crippen molar-refractivity contribution < 1.29 is 9.59 Å². The molecule has 1 saturated heterocycles. The van der Waals surface area contributed by atoms with Crippen LogP contribution in [-0.2, 0) is 4.79 Å². The number of amides is 2. The van der Waals surface area contributed by atoms with Crippen molar-refractivity contribution in [3.63, 3.8) is 0 Å². The third-order valence-electron chi connectivity index (χ3n) is 4.22. The van der Waals surface area contributed by atoms with Crippen molar-refractivity contribution in [1.82, 2.24) is 10.3 Å². The van der Waals surface area contributed by atoms with Gasteiger partial charge in [-0.15, -0.1) is 11.3 Å². The number of carbonyl (C=O) groups excluding carboxylic acids is 2. The molecule has 3 heterocycles. The van der Waals surface area contributed by atoms with Gasteiger partial charge in [-0.05, 0) is 56.6 Å². The maximum atomic E-state index is 12.3. The predicted octanol–water partition coefficient (Wildman–Crippen LogP) is 3.61. The molecule has 0 saturated carbocycles. The summed E-state index contributed by atoms with van der Waals surface area (Å²) in [4.78, 5) is 30.7. The van der Waals surface area contributed by atoms with Crippen LogP contribution in [0.25, 0.3) is 10.2 Å². The zero-order valence-electron chi connectivity index (χ0n) is 14.2. The number of aryl methyl sites for hydroxylation is 1. The summed E-state index contributed by atoms with van der Waals surface area (Å²) in [6.45, 7) is 2.86. The highest BCUT2D eigenvalue weighted by Gasteiger charge is 2.22. The largest absolute Gasteiger partial charge is 0.325 e. The Hall–Kier alpha value is -2.29. The lowest BCUT2D eigenvalue weighted by molar-refractivity contribution is -0.117. The zero-order valence-corrected chi connectivity index (χ0v) is 15.8. The average molecular weight is 387 g/mol. The van der Waals surface area contributed by atoms with Gasteiger partial charge in [-0.3, -0.25) is 14.9 Å². The second-order valence-corrected chi connectivity index (χ2v) is 8.52. The van der Waals surface area contributed by atoms with Crippen LogP contribution >= 0.6 is 22.7 Å². The van der Waals surface area contributed by atoms with E-state index in [0.717, 1.165) is 40.2 Å². The van der Waals surface area contributed by atoms with E-state index in [9.17, 15) is 9.59 Å². The van der Waals surface area contributed by atoms with E-state index in [1.807, 2.05) is 37.3 Å². The van der Waals surface area contributed by atoms with Gasteiger partial charge in [0.05, 0.1) is 21.1 Å². The minimum Gasteiger partial charge on any atom is -0.325 e. The molecular weight excluding hydrogens is 368 g/mol. The number of nitrogens with zero attached hydrogens (tertiary/aromatic N) is 1. The van der Waals surface area contributed by atoms with Gasteiger partial charge in [-0.1, -0.05) is 11.3 Å². The monoisotopic (exact) mass is 386 g/mol. The van der Waals surface area contributed by atoms with Crippen LogP contribution in [0, 0.1) is 6.92 Å². The van der Waals surface area contributed by atoms with Gasteiger partial charge in [0.15, 0.2) is 5.13 Å². The number of nitrogens with one attached hydrogen (secondary N) is 3. The maximum Gasteiger partial charge on any atom is 0.267 e. The van der Waals surface area contributed by atoms with E-state index >= 15 is 0 Å². The van der Waals surface area contributed by atoms with Crippen LogP contribution in [-0.4, -0.2) is 29.4 Å². The van der Waals surface area contributed by atoms with Crippen LogP contribution in [0.4, 0.5) is 10.8 Å².